The summed E-state index contributed by atoms with van der Waals surface area (Å²) in [4.78, 5) is 4.58. The van der Waals surface area contributed by atoms with Crippen molar-refractivity contribution in [3.05, 3.63) is 53.9 Å². The Morgan fingerprint density at radius 3 is 2.31 bits per heavy atom. The van der Waals surface area contributed by atoms with Crippen LogP contribution in [0.1, 0.15) is 121 Å². The highest BCUT2D eigenvalue weighted by Crippen LogP contribution is 2.42. The molecule has 1 aliphatic carbocycles. The molecule has 1 atom stereocenters. The van der Waals surface area contributed by atoms with Gasteiger partial charge in [0.05, 0.1) is 0 Å². The largest absolute Gasteiger partial charge is 0.264 e. The SMILES string of the molecule is CCCCCCCCc1ccccc1-c1ccncc1C(C)C1CCC(CCCC)CC1. The van der Waals surface area contributed by atoms with E-state index in [2.05, 4.69) is 62.3 Å². The summed E-state index contributed by atoms with van der Waals surface area (Å²) in [6, 6.07) is 11.4. The quantitative estimate of drug-likeness (QED) is 0.286. The first-order valence-corrected chi connectivity index (χ1v) is 13.8. The molecule has 1 fully saturated rings. The first kappa shape index (κ1) is 25.0. The van der Waals surface area contributed by atoms with Gasteiger partial charge in [0.25, 0.3) is 0 Å². The van der Waals surface area contributed by atoms with E-state index in [9.17, 15) is 0 Å². The molecule has 1 unspecified atom stereocenters. The molecule has 3 rings (SSSR count). The minimum Gasteiger partial charge on any atom is -0.264 e. The fourth-order valence-corrected chi connectivity index (χ4v) is 5.84. The average Bonchev–Trinajstić information content (AvgIpc) is 2.85. The van der Waals surface area contributed by atoms with Gasteiger partial charge in [-0.2, -0.15) is 0 Å². The fraction of sp³-hybridized carbons (Fsp3) is 0.645. The maximum atomic E-state index is 4.58. The number of hydrogen-bond acceptors (Lipinski definition) is 1. The van der Waals surface area contributed by atoms with Crippen molar-refractivity contribution in [2.75, 3.05) is 0 Å². The van der Waals surface area contributed by atoms with Crippen molar-refractivity contribution in [1.82, 2.24) is 4.98 Å². The third-order valence-corrected chi connectivity index (χ3v) is 8.01. The highest BCUT2D eigenvalue weighted by atomic mass is 14.6. The van der Waals surface area contributed by atoms with Crippen molar-refractivity contribution in [3.63, 3.8) is 0 Å². The van der Waals surface area contributed by atoms with Gasteiger partial charge in [-0.3, -0.25) is 4.98 Å². The number of rotatable bonds is 13. The molecule has 1 heteroatoms. The lowest BCUT2D eigenvalue weighted by Gasteiger charge is -2.33. The van der Waals surface area contributed by atoms with E-state index < -0.39 is 0 Å². The minimum atomic E-state index is 0.591. The van der Waals surface area contributed by atoms with Crippen molar-refractivity contribution in [3.8, 4) is 11.1 Å². The molecule has 0 N–H and O–H groups in total. The summed E-state index contributed by atoms with van der Waals surface area (Å²) in [7, 11) is 0. The molecule has 0 radical (unpaired) electrons. The molecule has 1 aromatic heterocycles. The Hall–Kier alpha value is -1.63. The zero-order chi connectivity index (χ0) is 22.6. The molecule has 0 bridgehead atoms. The Morgan fingerprint density at radius 2 is 1.53 bits per heavy atom. The average molecular weight is 434 g/mol. The van der Waals surface area contributed by atoms with Gasteiger partial charge < -0.3 is 0 Å². The van der Waals surface area contributed by atoms with Crippen LogP contribution in [0.2, 0.25) is 0 Å². The van der Waals surface area contributed by atoms with Crippen molar-refractivity contribution in [2.45, 2.75) is 117 Å². The zero-order valence-corrected chi connectivity index (χ0v) is 21.1. The zero-order valence-electron chi connectivity index (χ0n) is 21.1. The van der Waals surface area contributed by atoms with Gasteiger partial charge in [-0.1, -0.05) is 109 Å². The smallest absolute Gasteiger partial charge is 0.0308 e. The van der Waals surface area contributed by atoms with E-state index in [1.165, 1.54) is 112 Å². The highest BCUT2D eigenvalue weighted by Gasteiger charge is 2.27. The van der Waals surface area contributed by atoms with Crippen molar-refractivity contribution < 1.29 is 0 Å². The molecule has 0 amide bonds. The van der Waals surface area contributed by atoms with Crippen LogP contribution >= 0.6 is 0 Å². The van der Waals surface area contributed by atoms with Crippen LogP contribution in [0.15, 0.2) is 42.7 Å². The first-order chi connectivity index (χ1) is 15.7. The predicted molar refractivity (Wildman–Crippen MR) is 140 cm³/mol. The number of nitrogens with zero attached hydrogens (tertiary/aromatic N) is 1. The van der Waals surface area contributed by atoms with Crippen LogP contribution in [0.5, 0.6) is 0 Å². The van der Waals surface area contributed by atoms with E-state index in [-0.39, 0.29) is 0 Å². The van der Waals surface area contributed by atoms with E-state index in [1.54, 1.807) is 0 Å². The molecule has 1 heterocycles. The fourth-order valence-electron chi connectivity index (χ4n) is 5.84. The van der Waals surface area contributed by atoms with Gasteiger partial charge in [-0.05, 0) is 71.8 Å². The Morgan fingerprint density at radius 1 is 0.812 bits per heavy atom. The van der Waals surface area contributed by atoms with Gasteiger partial charge in [0.15, 0.2) is 0 Å². The Bertz CT molecular complexity index is 772. The Balaban J connectivity index is 1.68. The minimum absolute atomic E-state index is 0.591. The molecule has 1 aromatic carbocycles. The van der Waals surface area contributed by atoms with E-state index >= 15 is 0 Å². The van der Waals surface area contributed by atoms with Crippen LogP contribution in [0, 0.1) is 11.8 Å². The standard InChI is InChI=1S/C31H47N/c1-4-6-8-9-10-11-15-28-16-12-13-17-29(28)30-22-23-32-24-31(30)25(3)27-20-18-26(19-21-27)14-7-5-2/h12-13,16-17,22-27H,4-11,14-15,18-21H2,1-3H3. The second-order valence-corrected chi connectivity index (χ2v) is 10.3. The lowest BCUT2D eigenvalue weighted by atomic mass is 9.72. The van der Waals surface area contributed by atoms with Crippen molar-refractivity contribution >= 4 is 0 Å². The third kappa shape index (κ3) is 7.19. The van der Waals surface area contributed by atoms with E-state index in [0.29, 0.717) is 5.92 Å². The van der Waals surface area contributed by atoms with Gasteiger partial charge in [-0.15, -0.1) is 0 Å². The third-order valence-electron chi connectivity index (χ3n) is 8.01. The second-order valence-electron chi connectivity index (χ2n) is 10.3. The number of aryl methyl sites for hydroxylation is 1. The number of aromatic nitrogens is 1. The summed E-state index contributed by atoms with van der Waals surface area (Å²) in [6.07, 6.45) is 23.3. The van der Waals surface area contributed by atoms with Crippen molar-refractivity contribution in [2.24, 2.45) is 11.8 Å². The van der Waals surface area contributed by atoms with E-state index in [4.69, 9.17) is 0 Å². The molecule has 1 aliphatic rings. The number of unbranched alkanes of at least 4 members (excludes halogenated alkanes) is 6. The monoisotopic (exact) mass is 433 g/mol. The lowest BCUT2D eigenvalue weighted by molar-refractivity contribution is 0.237. The normalized spacial score (nSPS) is 19.7. The van der Waals surface area contributed by atoms with Gasteiger partial charge in [0, 0.05) is 12.4 Å². The molecule has 0 saturated heterocycles. The molecule has 2 aromatic rings. The van der Waals surface area contributed by atoms with Crippen LogP contribution in [0.25, 0.3) is 11.1 Å². The van der Waals surface area contributed by atoms with Crippen LogP contribution in [0.3, 0.4) is 0 Å². The predicted octanol–water partition coefficient (Wildman–Crippen LogP) is 9.75. The van der Waals surface area contributed by atoms with E-state index in [1.807, 2.05) is 6.20 Å². The van der Waals surface area contributed by atoms with Gasteiger partial charge in [-0.25, -0.2) is 0 Å². The van der Waals surface area contributed by atoms with Crippen LogP contribution in [0.4, 0.5) is 0 Å². The van der Waals surface area contributed by atoms with E-state index in [0.717, 1.165) is 11.8 Å². The van der Waals surface area contributed by atoms with Crippen molar-refractivity contribution in [1.29, 1.82) is 0 Å². The molecular formula is C31H47N. The molecule has 1 saturated carbocycles. The summed E-state index contributed by atoms with van der Waals surface area (Å²) >= 11 is 0. The first-order valence-electron chi connectivity index (χ1n) is 13.8. The van der Waals surface area contributed by atoms with Crippen LogP contribution in [-0.2, 0) is 6.42 Å². The van der Waals surface area contributed by atoms with Gasteiger partial charge in [0.1, 0.15) is 0 Å². The number of hydrogen-bond donors (Lipinski definition) is 0. The number of pyridine rings is 1. The maximum Gasteiger partial charge on any atom is 0.0308 e. The van der Waals surface area contributed by atoms with Crippen LogP contribution < -0.4 is 0 Å². The number of benzene rings is 1. The Kier molecular flexibility index (Phi) is 10.8. The molecule has 1 nitrogen and oxygen atoms in total. The lowest BCUT2D eigenvalue weighted by Crippen LogP contribution is -2.19. The van der Waals surface area contributed by atoms with Crippen LogP contribution in [-0.4, -0.2) is 4.98 Å². The summed E-state index contributed by atoms with van der Waals surface area (Å²) in [5.41, 5.74) is 5.87. The highest BCUT2D eigenvalue weighted by molar-refractivity contribution is 5.71. The summed E-state index contributed by atoms with van der Waals surface area (Å²) < 4.78 is 0. The van der Waals surface area contributed by atoms with Gasteiger partial charge in [0.2, 0.25) is 0 Å². The summed E-state index contributed by atoms with van der Waals surface area (Å²) in [5.74, 6) is 2.37. The Labute approximate surface area is 198 Å². The summed E-state index contributed by atoms with van der Waals surface area (Å²) in [6.45, 7) is 7.08. The molecular weight excluding hydrogens is 386 g/mol. The molecule has 176 valence electrons. The molecule has 0 aliphatic heterocycles. The second kappa shape index (κ2) is 13.8. The molecule has 32 heavy (non-hydrogen) atoms. The summed E-state index contributed by atoms with van der Waals surface area (Å²) in [5, 5.41) is 0. The van der Waals surface area contributed by atoms with Gasteiger partial charge >= 0.3 is 0 Å². The maximum absolute atomic E-state index is 4.58. The topological polar surface area (TPSA) is 12.9 Å². The molecule has 0 spiro atoms.